The fraction of sp³-hybridized carbons (Fsp3) is 0.692. The topological polar surface area (TPSA) is 67.2 Å². The van der Waals surface area contributed by atoms with Crippen LogP contribution < -0.4 is 10.6 Å². The van der Waals surface area contributed by atoms with Crippen LogP contribution in [0.25, 0.3) is 0 Å². The molecule has 2 unspecified atom stereocenters. The molecule has 1 aliphatic heterocycles. The molecule has 0 amide bonds. The second kappa shape index (κ2) is 6.05. The Morgan fingerprint density at radius 2 is 1.95 bits per heavy atom. The summed E-state index contributed by atoms with van der Waals surface area (Å²) in [6.07, 6.45) is -0.783. The maximum atomic E-state index is 12.9. The molecule has 0 aromatic rings. The van der Waals surface area contributed by atoms with Gasteiger partial charge in [0.15, 0.2) is 0 Å². The van der Waals surface area contributed by atoms with Crippen molar-refractivity contribution in [1.29, 1.82) is 0 Å². The summed E-state index contributed by atoms with van der Waals surface area (Å²) < 4.78 is 38.6. The minimum absolute atomic E-state index is 0.0630. The standard InChI is InChI=1S/C13H18F3N3O2/c1-8-10(13(14,15)16)2-3-11(12(8)19(20)21)18-9-4-6-17-7-5-9/h2-3,8-9,12,17-18H,4-7H2,1H3. The Kier molecular flexibility index (Phi) is 4.55. The second-order valence-corrected chi connectivity index (χ2v) is 5.43. The zero-order valence-corrected chi connectivity index (χ0v) is 11.6. The lowest BCUT2D eigenvalue weighted by atomic mass is 9.86. The molecule has 1 saturated heterocycles. The first-order chi connectivity index (χ1) is 9.80. The molecule has 8 heteroatoms. The minimum atomic E-state index is -4.54. The molecule has 1 fully saturated rings. The van der Waals surface area contributed by atoms with Crippen LogP contribution in [0, 0.1) is 16.0 Å². The van der Waals surface area contributed by atoms with Crippen molar-refractivity contribution in [2.75, 3.05) is 13.1 Å². The summed E-state index contributed by atoms with van der Waals surface area (Å²) in [5, 5.41) is 17.4. The van der Waals surface area contributed by atoms with Gasteiger partial charge in [0.2, 0.25) is 0 Å². The molecule has 0 bridgehead atoms. The summed E-state index contributed by atoms with van der Waals surface area (Å²) in [6.45, 7) is 2.85. The fourth-order valence-corrected chi connectivity index (χ4v) is 2.85. The van der Waals surface area contributed by atoms with Crippen LogP contribution in [0.2, 0.25) is 0 Å². The summed E-state index contributed by atoms with van der Waals surface area (Å²) in [7, 11) is 0. The van der Waals surface area contributed by atoms with E-state index in [1.807, 2.05) is 0 Å². The monoisotopic (exact) mass is 305 g/mol. The van der Waals surface area contributed by atoms with Crippen molar-refractivity contribution < 1.29 is 18.1 Å². The number of allylic oxidation sites excluding steroid dienone is 2. The Morgan fingerprint density at radius 1 is 1.33 bits per heavy atom. The van der Waals surface area contributed by atoms with Crippen LogP contribution in [-0.4, -0.2) is 36.3 Å². The van der Waals surface area contributed by atoms with E-state index in [0.717, 1.165) is 32.0 Å². The number of hydrogen-bond acceptors (Lipinski definition) is 4. The van der Waals surface area contributed by atoms with E-state index in [9.17, 15) is 23.3 Å². The Labute approximate surface area is 120 Å². The molecule has 118 valence electrons. The number of nitrogens with one attached hydrogen (secondary N) is 2. The van der Waals surface area contributed by atoms with E-state index in [1.54, 1.807) is 0 Å². The maximum absolute atomic E-state index is 12.9. The van der Waals surface area contributed by atoms with Crippen LogP contribution in [0.4, 0.5) is 13.2 Å². The molecule has 21 heavy (non-hydrogen) atoms. The van der Waals surface area contributed by atoms with Gasteiger partial charge in [-0.25, -0.2) is 0 Å². The number of nitro groups is 1. The number of hydrogen-bond donors (Lipinski definition) is 2. The van der Waals surface area contributed by atoms with E-state index in [1.165, 1.54) is 13.0 Å². The van der Waals surface area contributed by atoms with E-state index < -0.39 is 28.6 Å². The van der Waals surface area contributed by atoms with Gasteiger partial charge < -0.3 is 10.6 Å². The fourth-order valence-electron chi connectivity index (χ4n) is 2.85. The summed E-state index contributed by atoms with van der Waals surface area (Å²) in [6, 6.07) is -1.31. The zero-order valence-electron chi connectivity index (χ0n) is 11.6. The highest BCUT2D eigenvalue weighted by molar-refractivity contribution is 5.32. The lowest BCUT2D eigenvalue weighted by Crippen LogP contribution is -2.46. The molecule has 0 saturated carbocycles. The van der Waals surface area contributed by atoms with Gasteiger partial charge in [0, 0.05) is 16.5 Å². The van der Waals surface area contributed by atoms with E-state index in [0.29, 0.717) is 0 Å². The van der Waals surface area contributed by atoms with Crippen molar-refractivity contribution in [3.05, 3.63) is 33.5 Å². The predicted molar refractivity (Wildman–Crippen MR) is 71.2 cm³/mol. The molecule has 0 aromatic heterocycles. The molecule has 1 aliphatic carbocycles. The van der Waals surface area contributed by atoms with Gasteiger partial charge in [-0.3, -0.25) is 10.1 Å². The Bertz CT molecular complexity index is 468. The summed E-state index contributed by atoms with van der Waals surface area (Å²) in [4.78, 5) is 10.6. The summed E-state index contributed by atoms with van der Waals surface area (Å²) in [5.41, 5.74) is -0.576. The van der Waals surface area contributed by atoms with Crippen molar-refractivity contribution >= 4 is 0 Å². The van der Waals surface area contributed by atoms with Crippen LogP contribution in [-0.2, 0) is 0 Å². The Hall–Kier alpha value is -1.57. The third-order valence-electron chi connectivity index (χ3n) is 3.99. The summed E-state index contributed by atoms with van der Waals surface area (Å²) >= 11 is 0. The molecule has 0 radical (unpaired) electrons. The quantitative estimate of drug-likeness (QED) is 0.618. The van der Waals surface area contributed by atoms with Crippen molar-refractivity contribution in [2.45, 2.75) is 38.0 Å². The first-order valence-electron chi connectivity index (χ1n) is 6.90. The predicted octanol–water partition coefficient (Wildman–Crippen LogP) is 2.00. The van der Waals surface area contributed by atoms with Gasteiger partial charge in [0.05, 0.1) is 11.6 Å². The highest BCUT2D eigenvalue weighted by atomic mass is 19.4. The molecule has 5 nitrogen and oxygen atoms in total. The Morgan fingerprint density at radius 3 is 2.48 bits per heavy atom. The van der Waals surface area contributed by atoms with Crippen LogP contribution in [0.15, 0.2) is 23.4 Å². The number of piperidine rings is 1. The molecule has 2 aliphatic rings. The largest absolute Gasteiger partial charge is 0.413 e. The molecule has 2 rings (SSSR count). The highest BCUT2D eigenvalue weighted by Crippen LogP contribution is 2.37. The Balaban J connectivity index is 2.22. The van der Waals surface area contributed by atoms with Crippen molar-refractivity contribution in [3.8, 4) is 0 Å². The van der Waals surface area contributed by atoms with Crippen LogP contribution in [0.1, 0.15) is 19.8 Å². The molecular formula is C13H18F3N3O2. The zero-order chi connectivity index (χ0) is 15.6. The molecule has 0 spiro atoms. The second-order valence-electron chi connectivity index (χ2n) is 5.43. The number of nitrogens with zero attached hydrogens (tertiary/aromatic N) is 1. The molecule has 2 atom stereocenters. The molecule has 0 aromatic carbocycles. The number of alkyl halides is 3. The first kappa shape index (κ1) is 15.8. The van der Waals surface area contributed by atoms with Gasteiger partial charge in [-0.1, -0.05) is 13.0 Å². The maximum Gasteiger partial charge on any atom is 0.413 e. The lowest BCUT2D eigenvalue weighted by Gasteiger charge is -2.31. The number of rotatable bonds is 3. The van der Waals surface area contributed by atoms with Gasteiger partial charge >= 0.3 is 6.18 Å². The van der Waals surface area contributed by atoms with E-state index in [-0.39, 0.29) is 11.7 Å². The van der Waals surface area contributed by atoms with Gasteiger partial charge in [-0.15, -0.1) is 0 Å². The number of halogens is 3. The van der Waals surface area contributed by atoms with Gasteiger partial charge in [0.25, 0.3) is 6.04 Å². The van der Waals surface area contributed by atoms with Crippen LogP contribution in [0.5, 0.6) is 0 Å². The van der Waals surface area contributed by atoms with E-state index >= 15 is 0 Å². The first-order valence-corrected chi connectivity index (χ1v) is 6.90. The normalized spacial score (nSPS) is 27.8. The smallest absolute Gasteiger partial charge is 0.380 e. The van der Waals surface area contributed by atoms with Crippen molar-refractivity contribution in [2.24, 2.45) is 5.92 Å². The van der Waals surface area contributed by atoms with E-state index in [4.69, 9.17) is 0 Å². The van der Waals surface area contributed by atoms with Crippen molar-refractivity contribution in [1.82, 2.24) is 10.6 Å². The molecule has 1 heterocycles. The van der Waals surface area contributed by atoms with Crippen LogP contribution >= 0.6 is 0 Å². The molecular weight excluding hydrogens is 287 g/mol. The van der Waals surface area contributed by atoms with Crippen molar-refractivity contribution in [3.63, 3.8) is 0 Å². The lowest BCUT2D eigenvalue weighted by molar-refractivity contribution is -0.520. The minimum Gasteiger partial charge on any atom is -0.380 e. The van der Waals surface area contributed by atoms with E-state index in [2.05, 4.69) is 10.6 Å². The SMILES string of the molecule is CC1C(C(F)(F)F)=CC=C(NC2CCNCC2)C1[N+](=O)[O-]. The molecule has 2 N–H and O–H groups in total. The van der Waals surface area contributed by atoms with Crippen LogP contribution in [0.3, 0.4) is 0 Å². The average Bonchev–Trinajstić information content (AvgIpc) is 2.38. The average molecular weight is 305 g/mol. The third kappa shape index (κ3) is 3.55. The highest BCUT2D eigenvalue weighted by Gasteiger charge is 2.47. The summed E-state index contributed by atoms with van der Waals surface area (Å²) in [5.74, 6) is -1.20. The van der Waals surface area contributed by atoms with Gasteiger partial charge in [-0.2, -0.15) is 13.2 Å². The van der Waals surface area contributed by atoms with Gasteiger partial charge in [0.1, 0.15) is 0 Å². The third-order valence-corrected chi connectivity index (χ3v) is 3.99. The van der Waals surface area contributed by atoms with Gasteiger partial charge in [-0.05, 0) is 32.0 Å².